The van der Waals surface area contributed by atoms with Crippen molar-refractivity contribution < 1.29 is 0 Å². The first-order valence-electron chi connectivity index (χ1n) is 5.81. The summed E-state index contributed by atoms with van der Waals surface area (Å²) in [5.41, 5.74) is 5.98. The van der Waals surface area contributed by atoms with E-state index in [1.165, 1.54) is 17.7 Å². The number of hydrogen-bond donors (Lipinski definition) is 1. The van der Waals surface area contributed by atoms with Gasteiger partial charge in [-0.2, -0.15) is 0 Å². The molecule has 0 unspecified atom stereocenters. The van der Waals surface area contributed by atoms with Crippen LogP contribution in [-0.4, -0.2) is 9.97 Å². The summed E-state index contributed by atoms with van der Waals surface area (Å²) in [5.74, 6) is 2.39. The number of thiophene rings is 1. The molecule has 0 amide bonds. The number of anilines is 1. The molecule has 0 aromatic carbocycles. The highest BCUT2D eigenvalue weighted by atomic mass is 32.1. The van der Waals surface area contributed by atoms with E-state index in [4.69, 9.17) is 5.73 Å². The lowest BCUT2D eigenvalue weighted by atomic mass is 10.2. The lowest BCUT2D eigenvalue weighted by molar-refractivity contribution is 0.778. The Bertz CT molecular complexity index is 528. The molecule has 1 aliphatic rings. The summed E-state index contributed by atoms with van der Waals surface area (Å²) in [5, 5.41) is 1.03. The zero-order chi connectivity index (χ0) is 11.1. The number of fused-ring (bicyclic) bond motifs is 1. The van der Waals surface area contributed by atoms with Crippen LogP contribution >= 0.6 is 11.3 Å². The normalized spacial score (nSPS) is 15.8. The van der Waals surface area contributed by atoms with Crippen LogP contribution in [0.2, 0.25) is 0 Å². The van der Waals surface area contributed by atoms with Gasteiger partial charge in [-0.15, -0.1) is 11.3 Å². The molecular weight excluding hydrogens is 218 g/mol. The summed E-state index contributed by atoms with van der Waals surface area (Å²) in [4.78, 5) is 11.4. The summed E-state index contributed by atoms with van der Waals surface area (Å²) in [6.45, 7) is 2.15. The molecule has 3 rings (SSSR count). The Morgan fingerprint density at radius 2 is 2.25 bits per heavy atom. The third kappa shape index (κ3) is 1.78. The fourth-order valence-corrected chi connectivity index (χ4v) is 2.88. The van der Waals surface area contributed by atoms with Gasteiger partial charge in [0.2, 0.25) is 0 Å². The van der Waals surface area contributed by atoms with E-state index in [1.54, 1.807) is 11.3 Å². The highest BCUT2D eigenvalue weighted by Crippen LogP contribution is 2.33. The van der Waals surface area contributed by atoms with Crippen molar-refractivity contribution in [3.05, 3.63) is 16.8 Å². The Balaban J connectivity index is 2.04. The van der Waals surface area contributed by atoms with Crippen LogP contribution in [0.25, 0.3) is 10.2 Å². The van der Waals surface area contributed by atoms with E-state index >= 15 is 0 Å². The van der Waals surface area contributed by atoms with Crippen LogP contribution in [-0.2, 0) is 12.8 Å². The molecule has 2 aromatic rings. The van der Waals surface area contributed by atoms with Gasteiger partial charge in [0.1, 0.15) is 16.5 Å². The van der Waals surface area contributed by atoms with Crippen LogP contribution in [0.15, 0.2) is 6.07 Å². The predicted molar refractivity (Wildman–Crippen MR) is 67.6 cm³/mol. The Kier molecular flexibility index (Phi) is 2.32. The zero-order valence-electron chi connectivity index (χ0n) is 9.36. The van der Waals surface area contributed by atoms with Crippen LogP contribution in [0.5, 0.6) is 0 Å². The number of aromatic nitrogens is 2. The Hall–Kier alpha value is -1.16. The van der Waals surface area contributed by atoms with E-state index in [9.17, 15) is 0 Å². The second-order valence-electron chi connectivity index (χ2n) is 4.46. The number of nitrogens with two attached hydrogens (primary N) is 1. The lowest BCUT2D eigenvalue weighted by Crippen LogP contribution is -2.00. The maximum Gasteiger partial charge on any atom is 0.135 e. The van der Waals surface area contributed by atoms with E-state index in [0.717, 1.165) is 34.8 Å². The van der Waals surface area contributed by atoms with Crippen molar-refractivity contribution in [2.45, 2.75) is 32.6 Å². The summed E-state index contributed by atoms with van der Waals surface area (Å²) in [6, 6.07) is 2.12. The smallest absolute Gasteiger partial charge is 0.135 e. The van der Waals surface area contributed by atoms with Gasteiger partial charge in [-0.1, -0.05) is 6.92 Å². The second kappa shape index (κ2) is 3.70. The fourth-order valence-electron chi connectivity index (χ4n) is 1.89. The molecule has 2 N–H and O–H groups in total. The molecule has 4 heteroatoms. The molecule has 0 radical (unpaired) electrons. The summed E-state index contributed by atoms with van der Waals surface area (Å²) < 4.78 is 0. The number of aryl methyl sites for hydroxylation is 1. The molecule has 1 fully saturated rings. The van der Waals surface area contributed by atoms with Gasteiger partial charge in [0, 0.05) is 11.3 Å². The largest absolute Gasteiger partial charge is 0.383 e. The molecule has 0 spiro atoms. The number of hydrogen-bond acceptors (Lipinski definition) is 4. The molecule has 3 nitrogen and oxygen atoms in total. The maximum atomic E-state index is 5.98. The van der Waals surface area contributed by atoms with Crippen LogP contribution in [0.4, 0.5) is 5.82 Å². The molecule has 1 aliphatic carbocycles. The summed E-state index contributed by atoms with van der Waals surface area (Å²) >= 11 is 1.74. The quantitative estimate of drug-likeness (QED) is 0.887. The molecule has 1 saturated carbocycles. The van der Waals surface area contributed by atoms with E-state index in [2.05, 4.69) is 23.0 Å². The maximum absolute atomic E-state index is 5.98. The van der Waals surface area contributed by atoms with Gasteiger partial charge in [0.15, 0.2) is 0 Å². The van der Waals surface area contributed by atoms with Crippen molar-refractivity contribution in [1.29, 1.82) is 0 Å². The molecule has 2 heterocycles. The molecule has 0 atom stereocenters. The summed E-state index contributed by atoms with van der Waals surface area (Å²) in [7, 11) is 0. The van der Waals surface area contributed by atoms with Gasteiger partial charge < -0.3 is 5.73 Å². The minimum atomic E-state index is 0.650. The van der Waals surface area contributed by atoms with Gasteiger partial charge in [-0.3, -0.25) is 0 Å². The SMILES string of the molecule is CCc1cc2c(N)nc(CC3CC3)nc2s1. The fraction of sp³-hybridized carbons (Fsp3) is 0.500. The van der Waals surface area contributed by atoms with Gasteiger partial charge in [-0.25, -0.2) is 9.97 Å². The van der Waals surface area contributed by atoms with Gasteiger partial charge in [0.05, 0.1) is 5.39 Å². The topological polar surface area (TPSA) is 51.8 Å². The van der Waals surface area contributed by atoms with Crippen molar-refractivity contribution >= 4 is 27.4 Å². The Morgan fingerprint density at radius 1 is 1.44 bits per heavy atom. The Labute approximate surface area is 98.7 Å². The Morgan fingerprint density at radius 3 is 2.94 bits per heavy atom. The van der Waals surface area contributed by atoms with Crippen molar-refractivity contribution in [3.63, 3.8) is 0 Å². The van der Waals surface area contributed by atoms with Gasteiger partial charge in [0.25, 0.3) is 0 Å². The highest BCUT2D eigenvalue weighted by molar-refractivity contribution is 7.18. The van der Waals surface area contributed by atoms with Crippen LogP contribution in [0.1, 0.15) is 30.5 Å². The number of nitrogen functional groups attached to an aromatic ring is 1. The first-order chi connectivity index (χ1) is 7.76. The highest BCUT2D eigenvalue weighted by Gasteiger charge is 2.23. The van der Waals surface area contributed by atoms with Crippen LogP contribution < -0.4 is 5.73 Å². The lowest BCUT2D eigenvalue weighted by Gasteiger charge is -2.00. The number of nitrogens with zero attached hydrogens (tertiary/aromatic N) is 2. The number of rotatable bonds is 3. The van der Waals surface area contributed by atoms with Crippen LogP contribution in [0, 0.1) is 5.92 Å². The molecule has 2 aromatic heterocycles. The first-order valence-corrected chi connectivity index (χ1v) is 6.62. The molecular formula is C12H15N3S. The molecule has 0 bridgehead atoms. The molecule has 0 aliphatic heterocycles. The summed E-state index contributed by atoms with van der Waals surface area (Å²) in [6.07, 6.45) is 4.69. The van der Waals surface area contributed by atoms with Crippen LogP contribution in [0.3, 0.4) is 0 Å². The van der Waals surface area contributed by atoms with Crippen molar-refractivity contribution in [2.24, 2.45) is 5.92 Å². The third-order valence-electron chi connectivity index (χ3n) is 3.04. The van der Waals surface area contributed by atoms with Gasteiger partial charge in [-0.05, 0) is 31.2 Å². The van der Waals surface area contributed by atoms with Crippen molar-refractivity contribution in [3.8, 4) is 0 Å². The average Bonchev–Trinajstić information content (AvgIpc) is 2.95. The molecule has 84 valence electrons. The van der Waals surface area contributed by atoms with E-state index in [0.29, 0.717) is 5.82 Å². The average molecular weight is 233 g/mol. The van der Waals surface area contributed by atoms with E-state index < -0.39 is 0 Å². The predicted octanol–water partition coefficient (Wildman–Crippen LogP) is 2.79. The van der Waals surface area contributed by atoms with Crippen molar-refractivity contribution in [2.75, 3.05) is 5.73 Å². The van der Waals surface area contributed by atoms with Gasteiger partial charge >= 0.3 is 0 Å². The first kappa shape index (κ1) is 10.0. The molecule has 16 heavy (non-hydrogen) atoms. The minimum absolute atomic E-state index is 0.650. The second-order valence-corrected chi connectivity index (χ2v) is 5.57. The van der Waals surface area contributed by atoms with Crippen molar-refractivity contribution in [1.82, 2.24) is 9.97 Å². The van der Waals surface area contributed by atoms with E-state index in [1.807, 2.05) is 0 Å². The standard InChI is InChI=1S/C12H15N3S/c1-2-8-6-9-11(13)14-10(5-7-3-4-7)15-12(9)16-8/h6-7H,2-5H2,1H3,(H2,13,14,15). The minimum Gasteiger partial charge on any atom is -0.383 e. The zero-order valence-corrected chi connectivity index (χ0v) is 10.2. The van der Waals surface area contributed by atoms with E-state index in [-0.39, 0.29) is 0 Å². The monoisotopic (exact) mass is 233 g/mol. The molecule has 0 saturated heterocycles. The third-order valence-corrected chi connectivity index (χ3v) is 4.21.